The Morgan fingerprint density at radius 1 is 1.21 bits per heavy atom. The van der Waals surface area contributed by atoms with E-state index in [2.05, 4.69) is 43.0 Å². The fourth-order valence-corrected chi connectivity index (χ4v) is 5.47. The zero-order chi connectivity index (χ0) is 20.9. The summed E-state index contributed by atoms with van der Waals surface area (Å²) in [6, 6.07) is 6.53. The van der Waals surface area contributed by atoms with E-state index in [0.29, 0.717) is 16.0 Å². The number of nitrogens with one attached hydrogen (secondary N) is 1. The van der Waals surface area contributed by atoms with Gasteiger partial charge in [-0.2, -0.15) is 0 Å². The molecule has 2 N–H and O–H groups in total. The molecule has 2 aliphatic heterocycles. The van der Waals surface area contributed by atoms with Crippen LogP contribution in [0.25, 0.3) is 0 Å². The maximum Gasteiger partial charge on any atom is 0.335 e. The molecule has 1 unspecified atom stereocenters. The molecular weight excluding hydrogens is 379 g/mol. The molecule has 2 aliphatic rings. The van der Waals surface area contributed by atoms with Gasteiger partial charge < -0.3 is 15.3 Å². The van der Waals surface area contributed by atoms with Gasteiger partial charge in [-0.3, -0.25) is 0 Å². The van der Waals surface area contributed by atoms with Crippen LogP contribution in [0.3, 0.4) is 0 Å². The van der Waals surface area contributed by atoms with Crippen molar-refractivity contribution < 1.29 is 14.4 Å². The molecule has 0 amide bonds. The number of thioether (sulfide) groups is 1. The van der Waals surface area contributed by atoms with Crippen LogP contribution in [0.1, 0.15) is 63.4 Å². The minimum Gasteiger partial charge on any atom is -0.478 e. The van der Waals surface area contributed by atoms with Gasteiger partial charge in [-0.25, -0.2) is 4.79 Å². The monoisotopic (exact) mass is 408 g/mol. The molecule has 1 aromatic carbocycles. The number of hydrogen-bond acceptors (Lipinski definition) is 6. The smallest absolute Gasteiger partial charge is 0.335 e. The highest BCUT2D eigenvalue weighted by Crippen LogP contribution is 2.47. The standard InChI is InChI=1S/C20H29FN4O2S/c1-18(2)11-15(12-19(3,4)23-18)24(6)17-22-25(21)20(5,28-17)14-9-7-13(8-10-14)16(26)27/h7-10,15,23H,11-12H2,1-6H3,(H,26,27). The van der Waals surface area contributed by atoms with Crippen LogP contribution in [0.2, 0.25) is 0 Å². The molecule has 0 spiro atoms. The van der Waals surface area contributed by atoms with Gasteiger partial charge in [0.25, 0.3) is 0 Å². The minimum absolute atomic E-state index is 0.0180. The van der Waals surface area contributed by atoms with Crippen molar-refractivity contribution >= 4 is 22.9 Å². The third-order valence-corrected chi connectivity index (χ3v) is 6.84. The SMILES string of the molecule is CN(C1=NN(F)C(C)(c2ccc(C(=O)O)cc2)S1)C1CC(C)(C)NC(C)(C)C1. The van der Waals surface area contributed by atoms with Gasteiger partial charge in [-0.15, -0.1) is 10.3 Å². The number of carboxylic acids is 1. The fourth-order valence-electron chi connectivity index (χ4n) is 4.33. The van der Waals surface area contributed by atoms with E-state index < -0.39 is 10.8 Å². The van der Waals surface area contributed by atoms with Crippen LogP contribution in [0.15, 0.2) is 29.4 Å². The summed E-state index contributed by atoms with van der Waals surface area (Å²) >= 11 is 1.35. The summed E-state index contributed by atoms with van der Waals surface area (Å²) in [4.78, 5) is 12.1. The van der Waals surface area contributed by atoms with E-state index in [4.69, 9.17) is 5.11 Å². The number of amidine groups is 1. The first-order chi connectivity index (χ1) is 12.8. The average molecular weight is 409 g/mol. The Morgan fingerprint density at radius 3 is 2.25 bits per heavy atom. The number of carbonyl (C=O) groups is 1. The van der Waals surface area contributed by atoms with Gasteiger partial charge in [-0.1, -0.05) is 16.6 Å². The Bertz CT molecular complexity index is 780. The predicted molar refractivity (Wildman–Crippen MR) is 111 cm³/mol. The number of hydrazone groups is 1. The summed E-state index contributed by atoms with van der Waals surface area (Å²) in [5, 5.41) is 18.0. The van der Waals surface area contributed by atoms with Crippen LogP contribution < -0.4 is 5.32 Å². The number of piperidine rings is 1. The number of rotatable bonds is 3. The largest absolute Gasteiger partial charge is 0.478 e. The summed E-state index contributed by atoms with van der Waals surface area (Å²) < 4.78 is 14.9. The first kappa shape index (κ1) is 20.9. The number of carboxylic acid groups (broad SMARTS) is 1. The maximum atomic E-state index is 14.9. The van der Waals surface area contributed by atoms with Crippen molar-refractivity contribution in [1.82, 2.24) is 15.4 Å². The van der Waals surface area contributed by atoms with Gasteiger partial charge in [-0.05, 0) is 76.9 Å². The normalized spacial score (nSPS) is 26.8. The van der Waals surface area contributed by atoms with Crippen molar-refractivity contribution in [2.75, 3.05) is 7.05 Å². The van der Waals surface area contributed by atoms with E-state index in [9.17, 15) is 9.28 Å². The van der Waals surface area contributed by atoms with E-state index in [1.165, 1.54) is 23.9 Å². The topological polar surface area (TPSA) is 68.2 Å². The second-order valence-corrected chi connectivity index (χ2v) is 10.5. The Morgan fingerprint density at radius 2 is 1.75 bits per heavy atom. The fraction of sp³-hybridized carbons (Fsp3) is 0.600. The molecule has 0 aromatic heterocycles. The lowest BCUT2D eigenvalue weighted by Gasteiger charge is -2.49. The lowest BCUT2D eigenvalue weighted by atomic mass is 9.79. The summed E-state index contributed by atoms with van der Waals surface area (Å²) in [5.41, 5.74) is 0.812. The van der Waals surface area contributed by atoms with Crippen LogP contribution in [-0.4, -0.2) is 50.5 Å². The van der Waals surface area contributed by atoms with E-state index >= 15 is 0 Å². The van der Waals surface area contributed by atoms with Crippen LogP contribution >= 0.6 is 11.8 Å². The molecule has 0 saturated carbocycles. The second-order valence-electron chi connectivity index (χ2n) is 9.18. The van der Waals surface area contributed by atoms with Gasteiger partial charge >= 0.3 is 5.97 Å². The molecule has 6 nitrogen and oxygen atoms in total. The highest BCUT2D eigenvalue weighted by molar-refractivity contribution is 8.14. The number of hydrogen-bond donors (Lipinski definition) is 2. The van der Waals surface area contributed by atoms with E-state index in [1.54, 1.807) is 19.1 Å². The number of halogens is 1. The van der Waals surface area contributed by atoms with Crippen LogP contribution in [0.5, 0.6) is 0 Å². The molecule has 1 atom stereocenters. The van der Waals surface area contributed by atoms with Gasteiger partial charge in [0.1, 0.15) is 0 Å². The molecule has 8 heteroatoms. The number of nitrogens with zero attached hydrogens (tertiary/aromatic N) is 3. The summed E-state index contributed by atoms with van der Waals surface area (Å²) in [6.45, 7) is 10.5. The minimum atomic E-state index is -1.03. The Hall–Kier alpha value is -1.80. The van der Waals surface area contributed by atoms with E-state index in [-0.39, 0.29) is 22.7 Å². The van der Waals surface area contributed by atoms with Crippen LogP contribution in [0, 0.1) is 0 Å². The molecule has 154 valence electrons. The molecule has 0 radical (unpaired) electrons. The second kappa shape index (κ2) is 6.91. The van der Waals surface area contributed by atoms with Crippen LogP contribution in [-0.2, 0) is 4.87 Å². The Labute approximate surface area is 170 Å². The zero-order valence-electron chi connectivity index (χ0n) is 17.3. The van der Waals surface area contributed by atoms with Gasteiger partial charge in [0.15, 0.2) is 10.0 Å². The zero-order valence-corrected chi connectivity index (χ0v) is 18.1. The molecular formula is C20H29FN4O2S. The van der Waals surface area contributed by atoms with Crippen molar-refractivity contribution in [3.05, 3.63) is 35.4 Å². The number of aromatic carboxylic acids is 1. The lowest BCUT2D eigenvalue weighted by molar-refractivity contribution is -0.0282. The predicted octanol–water partition coefficient (Wildman–Crippen LogP) is 4.00. The van der Waals surface area contributed by atoms with E-state index in [1.807, 2.05) is 7.05 Å². The molecule has 2 heterocycles. The van der Waals surface area contributed by atoms with Crippen molar-refractivity contribution in [2.24, 2.45) is 5.10 Å². The summed E-state index contributed by atoms with van der Waals surface area (Å²) in [6.07, 6.45) is 1.87. The summed E-state index contributed by atoms with van der Waals surface area (Å²) in [5.74, 6) is -0.999. The quantitative estimate of drug-likeness (QED) is 0.737. The van der Waals surface area contributed by atoms with Crippen molar-refractivity contribution in [2.45, 2.75) is 69.5 Å². The Kier molecular flexibility index (Phi) is 5.17. The molecule has 28 heavy (non-hydrogen) atoms. The summed E-state index contributed by atoms with van der Waals surface area (Å²) in [7, 11) is 1.97. The molecule has 1 saturated heterocycles. The molecule has 0 aliphatic carbocycles. The average Bonchev–Trinajstić information content (AvgIpc) is 2.88. The molecule has 1 aromatic rings. The van der Waals surface area contributed by atoms with Crippen LogP contribution in [0.4, 0.5) is 4.48 Å². The lowest BCUT2D eigenvalue weighted by Crippen LogP contribution is -2.62. The number of benzene rings is 1. The first-order valence-electron chi connectivity index (χ1n) is 9.43. The highest BCUT2D eigenvalue weighted by Gasteiger charge is 2.46. The van der Waals surface area contributed by atoms with Gasteiger partial charge in [0.05, 0.1) is 5.56 Å². The first-order valence-corrected chi connectivity index (χ1v) is 10.2. The van der Waals surface area contributed by atoms with Crippen molar-refractivity contribution in [1.29, 1.82) is 0 Å². The maximum absolute atomic E-state index is 14.9. The third kappa shape index (κ3) is 3.98. The Balaban J connectivity index is 1.80. The van der Waals surface area contributed by atoms with Gasteiger partial charge in [0.2, 0.25) is 0 Å². The van der Waals surface area contributed by atoms with Gasteiger partial charge in [0, 0.05) is 24.2 Å². The third-order valence-electron chi connectivity index (χ3n) is 5.50. The molecule has 3 rings (SSSR count). The van der Waals surface area contributed by atoms with Crippen molar-refractivity contribution in [3.8, 4) is 0 Å². The molecule has 0 bridgehead atoms. The van der Waals surface area contributed by atoms with Crippen molar-refractivity contribution in [3.63, 3.8) is 0 Å². The highest BCUT2D eigenvalue weighted by atomic mass is 32.2. The molecule has 1 fully saturated rings. The van der Waals surface area contributed by atoms with E-state index in [0.717, 1.165) is 12.8 Å².